The van der Waals surface area contributed by atoms with E-state index < -0.39 is 0 Å². The summed E-state index contributed by atoms with van der Waals surface area (Å²) in [6, 6.07) is 10.5. The largest absolute Gasteiger partial charge is 0.357 e. The molecule has 5 nitrogen and oxygen atoms in total. The summed E-state index contributed by atoms with van der Waals surface area (Å²) in [6.45, 7) is 10.0. The van der Waals surface area contributed by atoms with Crippen LogP contribution in [0.4, 0.5) is 0 Å². The second-order valence-corrected chi connectivity index (χ2v) is 6.33. The number of aliphatic imine (C=N–C) groups is 1. The van der Waals surface area contributed by atoms with Crippen molar-refractivity contribution < 1.29 is 0 Å². The number of hydrogen-bond acceptors (Lipinski definition) is 2. The van der Waals surface area contributed by atoms with Gasteiger partial charge in [0, 0.05) is 25.3 Å². The fraction of sp³-hybridized carbons (Fsp3) is 0.474. The van der Waals surface area contributed by atoms with Crippen molar-refractivity contribution >= 4 is 29.9 Å². The number of rotatable bonds is 4. The van der Waals surface area contributed by atoms with E-state index in [1.165, 1.54) is 18.4 Å². The molecule has 1 aliphatic heterocycles. The van der Waals surface area contributed by atoms with Crippen molar-refractivity contribution in [2.45, 2.75) is 40.2 Å². The Morgan fingerprint density at radius 3 is 2.56 bits per heavy atom. The Labute approximate surface area is 167 Å². The highest BCUT2D eigenvalue weighted by molar-refractivity contribution is 14.0. The maximum Gasteiger partial charge on any atom is 0.194 e. The van der Waals surface area contributed by atoms with Crippen LogP contribution in [0.2, 0.25) is 0 Å². The van der Waals surface area contributed by atoms with Gasteiger partial charge in [-0.05, 0) is 51.3 Å². The second-order valence-electron chi connectivity index (χ2n) is 6.33. The summed E-state index contributed by atoms with van der Waals surface area (Å²) < 4.78 is 2.02. The first-order valence-electron chi connectivity index (χ1n) is 8.84. The van der Waals surface area contributed by atoms with E-state index in [2.05, 4.69) is 59.5 Å². The van der Waals surface area contributed by atoms with E-state index in [9.17, 15) is 0 Å². The first-order valence-corrected chi connectivity index (χ1v) is 8.84. The SMILES string of the molecule is CCNC(=NCc1ccccc1-n1nc(C)cc1C)N1CCCC1.I. The minimum atomic E-state index is 0. The third-order valence-corrected chi connectivity index (χ3v) is 4.37. The van der Waals surface area contributed by atoms with E-state index >= 15 is 0 Å². The number of benzene rings is 1. The van der Waals surface area contributed by atoms with Crippen LogP contribution in [0.1, 0.15) is 36.7 Å². The highest BCUT2D eigenvalue weighted by atomic mass is 127. The Morgan fingerprint density at radius 1 is 1.20 bits per heavy atom. The molecule has 0 amide bonds. The van der Waals surface area contributed by atoms with Gasteiger partial charge in [-0.15, -0.1) is 24.0 Å². The van der Waals surface area contributed by atoms with Gasteiger partial charge in [-0.3, -0.25) is 0 Å². The Balaban J connectivity index is 0.00000225. The molecule has 0 atom stereocenters. The molecule has 1 aliphatic rings. The molecule has 0 aliphatic carbocycles. The van der Waals surface area contributed by atoms with Crippen LogP contribution in [0.3, 0.4) is 0 Å². The van der Waals surface area contributed by atoms with Crippen molar-refractivity contribution in [3.8, 4) is 5.69 Å². The number of likely N-dealkylation sites (tertiary alicyclic amines) is 1. The van der Waals surface area contributed by atoms with E-state index in [4.69, 9.17) is 4.99 Å². The van der Waals surface area contributed by atoms with Crippen LogP contribution in [0, 0.1) is 13.8 Å². The maximum atomic E-state index is 4.88. The molecule has 1 aromatic carbocycles. The lowest BCUT2D eigenvalue weighted by molar-refractivity contribution is 0.493. The van der Waals surface area contributed by atoms with Crippen molar-refractivity contribution in [3.05, 3.63) is 47.3 Å². The third kappa shape index (κ3) is 4.74. The molecule has 6 heteroatoms. The van der Waals surface area contributed by atoms with Gasteiger partial charge in [0.05, 0.1) is 17.9 Å². The van der Waals surface area contributed by atoms with E-state index in [1.54, 1.807) is 0 Å². The molecule has 1 saturated heterocycles. The molecule has 0 saturated carbocycles. The predicted octanol–water partition coefficient (Wildman–Crippen LogP) is 3.67. The zero-order valence-electron chi connectivity index (χ0n) is 15.3. The van der Waals surface area contributed by atoms with Crippen LogP contribution in [0.25, 0.3) is 5.69 Å². The molecule has 136 valence electrons. The fourth-order valence-corrected chi connectivity index (χ4v) is 3.24. The lowest BCUT2D eigenvalue weighted by Gasteiger charge is -2.21. The molecule has 25 heavy (non-hydrogen) atoms. The summed E-state index contributed by atoms with van der Waals surface area (Å²) in [5.74, 6) is 1.03. The van der Waals surface area contributed by atoms with E-state index in [0.29, 0.717) is 6.54 Å². The number of guanidine groups is 1. The molecule has 0 spiro atoms. The zero-order valence-corrected chi connectivity index (χ0v) is 17.7. The van der Waals surface area contributed by atoms with Gasteiger partial charge in [-0.2, -0.15) is 5.10 Å². The average molecular weight is 453 g/mol. The molecule has 2 aromatic rings. The minimum Gasteiger partial charge on any atom is -0.357 e. The number of aromatic nitrogens is 2. The molecule has 3 rings (SSSR count). The maximum absolute atomic E-state index is 4.88. The van der Waals surface area contributed by atoms with Crippen LogP contribution in [0.5, 0.6) is 0 Å². The second kappa shape index (κ2) is 9.22. The van der Waals surface area contributed by atoms with Gasteiger partial charge >= 0.3 is 0 Å². The summed E-state index contributed by atoms with van der Waals surface area (Å²) in [6.07, 6.45) is 2.51. The Kier molecular flexibility index (Phi) is 7.28. The molecular weight excluding hydrogens is 425 g/mol. The lowest BCUT2D eigenvalue weighted by Crippen LogP contribution is -2.39. The summed E-state index contributed by atoms with van der Waals surface area (Å²) in [4.78, 5) is 7.24. The summed E-state index contributed by atoms with van der Waals surface area (Å²) in [5.41, 5.74) is 4.49. The Hall–Kier alpha value is -1.57. The van der Waals surface area contributed by atoms with Gasteiger partial charge < -0.3 is 10.2 Å². The number of hydrogen-bond donors (Lipinski definition) is 1. The van der Waals surface area contributed by atoms with Gasteiger partial charge in [-0.25, -0.2) is 9.67 Å². The normalized spacial score (nSPS) is 14.5. The smallest absolute Gasteiger partial charge is 0.194 e. The van der Waals surface area contributed by atoms with Crippen LogP contribution in [-0.2, 0) is 6.54 Å². The standard InChI is InChI=1S/C19H27N5.HI/c1-4-20-19(23-11-7-8-12-23)21-14-17-9-5-6-10-18(17)24-16(3)13-15(2)22-24;/h5-6,9-10,13H,4,7-8,11-12,14H2,1-3H3,(H,20,21);1H. The molecule has 1 fully saturated rings. The molecule has 1 N–H and O–H groups in total. The third-order valence-electron chi connectivity index (χ3n) is 4.37. The summed E-state index contributed by atoms with van der Waals surface area (Å²) in [7, 11) is 0. The average Bonchev–Trinajstić information content (AvgIpc) is 3.21. The predicted molar refractivity (Wildman–Crippen MR) is 114 cm³/mol. The van der Waals surface area contributed by atoms with E-state index in [-0.39, 0.29) is 24.0 Å². The number of nitrogens with zero attached hydrogens (tertiary/aromatic N) is 4. The molecule has 0 unspecified atom stereocenters. The van der Waals surface area contributed by atoms with Crippen molar-refractivity contribution in [2.75, 3.05) is 19.6 Å². The number of halogens is 1. The number of nitrogens with one attached hydrogen (secondary N) is 1. The van der Waals surface area contributed by atoms with Crippen molar-refractivity contribution in [3.63, 3.8) is 0 Å². The topological polar surface area (TPSA) is 45.5 Å². The highest BCUT2D eigenvalue weighted by Crippen LogP contribution is 2.18. The van der Waals surface area contributed by atoms with Gasteiger partial charge in [0.15, 0.2) is 5.96 Å². The van der Waals surface area contributed by atoms with Crippen molar-refractivity contribution in [1.82, 2.24) is 20.0 Å². The summed E-state index contributed by atoms with van der Waals surface area (Å²) in [5, 5.41) is 8.05. The number of aryl methyl sites for hydroxylation is 2. The van der Waals surface area contributed by atoms with Gasteiger partial charge in [0.1, 0.15) is 0 Å². The highest BCUT2D eigenvalue weighted by Gasteiger charge is 2.16. The molecule has 0 bridgehead atoms. The summed E-state index contributed by atoms with van der Waals surface area (Å²) >= 11 is 0. The first-order chi connectivity index (χ1) is 11.7. The zero-order chi connectivity index (χ0) is 16.9. The molecular formula is C19H28IN5. The van der Waals surface area contributed by atoms with Crippen molar-refractivity contribution in [1.29, 1.82) is 0 Å². The molecule has 2 heterocycles. The molecule has 1 aromatic heterocycles. The molecule has 0 radical (unpaired) electrons. The van der Waals surface area contributed by atoms with Crippen molar-refractivity contribution in [2.24, 2.45) is 4.99 Å². The Bertz CT molecular complexity index is 716. The van der Waals surface area contributed by atoms with Crippen LogP contribution < -0.4 is 5.32 Å². The van der Waals surface area contributed by atoms with Crippen LogP contribution in [-0.4, -0.2) is 40.3 Å². The first kappa shape index (κ1) is 19.8. The minimum absolute atomic E-state index is 0. The van der Waals surface area contributed by atoms with Gasteiger partial charge in [0.2, 0.25) is 0 Å². The van der Waals surface area contributed by atoms with Crippen LogP contribution >= 0.6 is 24.0 Å². The quantitative estimate of drug-likeness (QED) is 0.437. The lowest BCUT2D eigenvalue weighted by atomic mass is 10.2. The van der Waals surface area contributed by atoms with Gasteiger partial charge in [-0.1, -0.05) is 18.2 Å². The fourth-order valence-electron chi connectivity index (χ4n) is 3.24. The monoisotopic (exact) mass is 453 g/mol. The number of para-hydroxylation sites is 1. The van der Waals surface area contributed by atoms with Crippen LogP contribution in [0.15, 0.2) is 35.3 Å². The van der Waals surface area contributed by atoms with E-state index in [0.717, 1.165) is 42.7 Å². The Morgan fingerprint density at radius 2 is 1.92 bits per heavy atom. The van der Waals surface area contributed by atoms with E-state index in [1.807, 2.05) is 11.6 Å². The van der Waals surface area contributed by atoms with Gasteiger partial charge in [0.25, 0.3) is 0 Å².